The molecular formula is C7H9N5O2. The zero-order chi connectivity index (χ0) is 10.7. The van der Waals surface area contributed by atoms with Crippen LogP contribution < -0.4 is 16.8 Å². The van der Waals surface area contributed by atoms with Gasteiger partial charge in [0, 0.05) is 0 Å². The first-order valence-electron chi connectivity index (χ1n) is 3.66. The Morgan fingerprint density at radius 3 is 2.71 bits per heavy atom. The van der Waals surface area contributed by atoms with E-state index in [0.29, 0.717) is 0 Å². The van der Waals surface area contributed by atoms with Crippen LogP contribution in [0.5, 0.6) is 0 Å². The standard InChI is InChI=1S/C7H9N5O2/c8-6(9)4-2-1-3-5(11-4)7(10)12(13)14/h1-3,11H,10H2,(H3,8,9)/b7-5+. The van der Waals surface area contributed by atoms with Crippen LogP contribution in [-0.2, 0) is 0 Å². The predicted molar refractivity (Wildman–Crippen MR) is 50.5 cm³/mol. The first-order chi connectivity index (χ1) is 6.52. The van der Waals surface area contributed by atoms with Gasteiger partial charge in [-0.3, -0.25) is 11.1 Å². The zero-order valence-electron chi connectivity index (χ0n) is 7.15. The maximum atomic E-state index is 10.3. The molecule has 0 unspecified atom stereocenters. The van der Waals surface area contributed by atoms with Gasteiger partial charge in [0.15, 0.2) is 0 Å². The molecule has 0 amide bonds. The molecule has 0 aromatic heterocycles. The number of hydrogen-bond acceptors (Lipinski definition) is 5. The maximum Gasteiger partial charge on any atom is 0.337 e. The minimum absolute atomic E-state index is 0.128. The summed E-state index contributed by atoms with van der Waals surface area (Å²) in [6.07, 6.45) is 4.49. The van der Waals surface area contributed by atoms with E-state index in [0.717, 1.165) is 0 Å². The number of dihydropyridines is 1. The average Bonchev–Trinajstić information content (AvgIpc) is 2.16. The van der Waals surface area contributed by atoms with Gasteiger partial charge in [-0.2, -0.15) is 0 Å². The van der Waals surface area contributed by atoms with Crippen LogP contribution in [0.1, 0.15) is 0 Å². The fourth-order valence-corrected chi connectivity index (χ4v) is 0.874. The van der Waals surface area contributed by atoms with Crippen LogP contribution in [0.4, 0.5) is 0 Å². The van der Waals surface area contributed by atoms with Crippen LogP contribution in [0.2, 0.25) is 0 Å². The van der Waals surface area contributed by atoms with Gasteiger partial charge in [-0.25, -0.2) is 0 Å². The monoisotopic (exact) mass is 195 g/mol. The molecule has 7 nitrogen and oxygen atoms in total. The first kappa shape index (κ1) is 9.78. The molecule has 0 saturated heterocycles. The smallest absolute Gasteiger partial charge is 0.337 e. The van der Waals surface area contributed by atoms with Gasteiger partial charge in [0.1, 0.15) is 11.5 Å². The van der Waals surface area contributed by atoms with Crippen LogP contribution in [0.3, 0.4) is 0 Å². The van der Waals surface area contributed by atoms with E-state index in [2.05, 4.69) is 5.32 Å². The molecule has 0 aromatic rings. The molecule has 6 N–H and O–H groups in total. The van der Waals surface area contributed by atoms with Gasteiger partial charge in [-0.1, -0.05) is 6.08 Å². The van der Waals surface area contributed by atoms with Crippen LogP contribution in [0.15, 0.2) is 35.4 Å². The van der Waals surface area contributed by atoms with Gasteiger partial charge >= 0.3 is 5.82 Å². The summed E-state index contributed by atoms with van der Waals surface area (Å²) in [7, 11) is 0. The van der Waals surface area contributed by atoms with Crippen molar-refractivity contribution in [2.45, 2.75) is 0 Å². The number of nitrogens with one attached hydrogen (secondary N) is 2. The number of nitro groups is 1. The van der Waals surface area contributed by atoms with Crippen molar-refractivity contribution < 1.29 is 4.92 Å². The molecule has 7 heteroatoms. The molecule has 0 aliphatic carbocycles. The molecule has 1 aliphatic rings. The summed E-state index contributed by atoms with van der Waals surface area (Å²) in [4.78, 5) is 9.61. The van der Waals surface area contributed by atoms with E-state index in [1.54, 1.807) is 0 Å². The second kappa shape index (κ2) is 3.60. The lowest BCUT2D eigenvalue weighted by Crippen LogP contribution is -2.29. The summed E-state index contributed by atoms with van der Waals surface area (Å²) in [5.74, 6) is -0.712. The van der Waals surface area contributed by atoms with Gasteiger partial charge in [0.25, 0.3) is 0 Å². The van der Waals surface area contributed by atoms with Crippen molar-refractivity contribution in [1.82, 2.24) is 5.32 Å². The number of nitrogens with zero attached hydrogens (tertiary/aromatic N) is 1. The van der Waals surface area contributed by atoms with Crippen LogP contribution in [-0.4, -0.2) is 10.8 Å². The quantitative estimate of drug-likeness (QED) is 0.201. The van der Waals surface area contributed by atoms with E-state index in [9.17, 15) is 10.1 Å². The minimum atomic E-state index is -0.713. The van der Waals surface area contributed by atoms with Gasteiger partial charge in [-0.15, -0.1) is 0 Å². The van der Waals surface area contributed by atoms with Crippen molar-refractivity contribution in [3.63, 3.8) is 0 Å². The Morgan fingerprint density at radius 1 is 1.57 bits per heavy atom. The van der Waals surface area contributed by atoms with Crippen molar-refractivity contribution in [3.05, 3.63) is 45.6 Å². The second-order valence-corrected chi connectivity index (χ2v) is 2.53. The Balaban J connectivity index is 2.97. The molecule has 74 valence electrons. The normalized spacial score (nSPS) is 18.1. The van der Waals surface area contributed by atoms with E-state index in [4.69, 9.17) is 16.9 Å². The lowest BCUT2D eigenvalue weighted by atomic mass is 10.2. The Morgan fingerprint density at radius 2 is 2.21 bits per heavy atom. The summed E-state index contributed by atoms with van der Waals surface area (Å²) in [5, 5.41) is 20.0. The number of amidine groups is 1. The summed E-state index contributed by atoms with van der Waals surface area (Å²) in [6, 6.07) is 0. The lowest BCUT2D eigenvalue weighted by molar-refractivity contribution is -0.427. The third-order valence-electron chi connectivity index (χ3n) is 1.56. The Kier molecular flexibility index (Phi) is 2.52. The van der Waals surface area contributed by atoms with E-state index >= 15 is 0 Å². The molecule has 14 heavy (non-hydrogen) atoms. The maximum absolute atomic E-state index is 10.3. The van der Waals surface area contributed by atoms with Crippen molar-refractivity contribution in [2.75, 3.05) is 0 Å². The largest absolute Gasteiger partial charge is 0.382 e. The topological polar surface area (TPSA) is 131 Å². The molecule has 0 atom stereocenters. The molecule has 0 fully saturated rings. The Labute approximate surface area is 79.4 Å². The van der Waals surface area contributed by atoms with Crippen LogP contribution in [0, 0.1) is 15.5 Å². The third-order valence-corrected chi connectivity index (χ3v) is 1.56. The van der Waals surface area contributed by atoms with Crippen molar-refractivity contribution in [1.29, 1.82) is 5.41 Å². The van der Waals surface area contributed by atoms with Gasteiger partial charge < -0.3 is 21.2 Å². The van der Waals surface area contributed by atoms with Crippen LogP contribution in [0.25, 0.3) is 0 Å². The van der Waals surface area contributed by atoms with Gasteiger partial charge in [0.05, 0.1) is 5.70 Å². The highest BCUT2D eigenvalue weighted by Gasteiger charge is 2.13. The summed E-state index contributed by atoms with van der Waals surface area (Å²) >= 11 is 0. The second-order valence-electron chi connectivity index (χ2n) is 2.53. The number of allylic oxidation sites excluding steroid dienone is 3. The summed E-state index contributed by atoms with van der Waals surface area (Å²) in [5.41, 5.74) is 10.8. The SMILES string of the molecule is N=C(N)C1=CC=C/C(=C(/N)[N+](=O)[O-])N1. The lowest BCUT2D eigenvalue weighted by Gasteiger charge is -2.12. The van der Waals surface area contributed by atoms with E-state index in [1.165, 1.54) is 18.2 Å². The average molecular weight is 195 g/mol. The summed E-state index contributed by atoms with van der Waals surface area (Å²) < 4.78 is 0. The van der Waals surface area contributed by atoms with Gasteiger partial charge in [-0.05, 0) is 17.1 Å². The molecule has 1 aliphatic heterocycles. The molecule has 0 spiro atoms. The molecule has 1 heterocycles. The fraction of sp³-hybridized carbons (Fsp3) is 0. The number of hydrogen-bond donors (Lipinski definition) is 4. The molecule has 1 rings (SSSR count). The van der Waals surface area contributed by atoms with E-state index in [1.807, 2.05) is 0 Å². The highest BCUT2D eigenvalue weighted by Crippen LogP contribution is 2.07. The third kappa shape index (κ3) is 1.89. The van der Waals surface area contributed by atoms with Crippen molar-refractivity contribution in [2.24, 2.45) is 11.5 Å². The van der Waals surface area contributed by atoms with Gasteiger partial charge in [0.2, 0.25) is 0 Å². The Bertz CT molecular complexity index is 380. The van der Waals surface area contributed by atoms with E-state index in [-0.39, 0.29) is 17.2 Å². The number of rotatable bonds is 2. The fourth-order valence-electron chi connectivity index (χ4n) is 0.874. The highest BCUT2D eigenvalue weighted by atomic mass is 16.6. The molecule has 0 aromatic carbocycles. The molecular weight excluding hydrogens is 186 g/mol. The predicted octanol–water partition coefficient (Wildman–Crippen LogP) is -0.630. The summed E-state index contributed by atoms with van der Waals surface area (Å²) in [6.45, 7) is 0. The van der Waals surface area contributed by atoms with E-state index < -0.39 is 10.7 Å². The minimum Gasteiger partial charge on any atom is -0.382 e. The van der Waals surface area contributed by atoms with Crippen molar-refractivity contribution >= 4 is 5.84 Å². The first-order valence-corrected chi connectivity index (χ1v) is 3.66. The number of nitrogens with two attached hydrogens (primary N) is 2. The zero-order valence-corrected chi connectivity index (χ0v) is 7.15. The highest BCUT2D eigenvalue weighted by molar-refractivity contribution is 5.94. The molecule has 0 radical (unpaired) electrons. The van der Waals surface area contributed by atoms with Crippen LogP contribution >= 0.6 is 0 Å². The molecule has 0 bridgehead atoms. The van der Waals surface area contributed by atoms with Crippen molar-refractivity contribution in [3.8, 4) is 0 Å². The Hall–Kier alpha value is -2.31. The molecule has 0 saturated carbocycles.